The molecule has 0 spiro atoms. The van der Waals surface area contributed by atoms with Crippen molar-refractivity contribution in [3.63, 3.8) is 0 Å². The second-order valence-electron chi connectivity index (χ2n) is 5.03. The lowest BCUT2D eigenvalue weighted by Crippen LogP contribution is -2.54. The lowest BCUT2D eigenvalue weighted by molar-refractivity contribution is -0.127. The van der Waals surface area contributed by atoms with Crippen molar-refractivity contribution in [2.75, 3.05) is 20.6 Å². The van der Waals surface area contributed by atoms with Crippen LogP contribution < -0.4 is 10.0 Å². The standard InChI is InChI=1S/C11H23N3O3S/c1-8-10(6-5-7-12-8)13-18(16,17)9(2)11(15)14(3)4/h8-10,12-13H,5-7H2,1-4H3. The molecule has 6 nitrogen and oxygen atoms in total. The van der Waals surface area contributed by atoms with Crippen LogP contribution in [0.3, 0.4) is 0 Å². The van der Waals surface area contributed by atoms with E-state index in [9.17, 15) is 13.2 Å². The van der Waals surface area contributed by atoms with E-state index in [-0.39, 0.29) is 12.1 Å². The molecule has 0 saturated carbocycles. The summed E-state index contributed by atoms with van der Waals surface area (Å²) in [7, 11) is -0.509. The van der Waals surface area contributed by atoms with Gasteiger partial charge in [0.2, 0.25) is 15.9 Å². The smallest absolute Gasteiger partial charge is 0.241 e. The van der Waals surface area contributed by atoms with E-state index in [4.69, 9.17) is 0 Å². The summed E-state index contributed by atoms with van der Waals surface area (Å²) in [6.07, 6.45) is 1.74. The Morgan fingerprint density at radius 3 is 2.56 bits per heavy atom. The highest BCUT2D eigenvalue weighted by Gasteiger charge is 2.33. The van der Waals surface area contributed by atoms with E-state index in [1.54, 1.807) is 14.1 Å². The Morgan fingerprint density at radius 2 is 2.06 bits per heavy atom. The van der Waals surface area contributed by atoms with E-state index in [1.807, 2.05) is 6.92 Å². The Morgan fingerprint density at radius 1 is 1.44 bits per heavy atom. The van der Waals surface area contributed by atoms with Gasteiger partial charge >= 0.3 is 0 Å². The minimum atomic E-state index is -3.62. The maximum atomic E-state index is 12.1. The van der Waals surface area contributed by atoms with Crippen LogP contribution in [0.4, 0.5) is 0 Å². The summed E-state index contributed by atoms with van der Waals surface area (Å²) in [6.45, 7) is 4.28. The molecule has 18 heavy (non-hydrogen) atoms. The molecule has 0 aromatic rings. The molecule has 0 radical (unpaired) electrons. The highest BCUT2D eigenvalue weighted by molar-refractivity contribution is 7.90. The molecule has 3 unspecified atom stereocenters. The van der Waals surface area contributed by atoms with Gasteiger partial charge in [0, 0.05) is 26.2 Å². The van der Waals surface area contributed by atoms with Gasteiger partial charge in [-0.1, -0.05) is 0 Å². The second kappa shape index (κ2) is 5.99. The van der Waals surface area contributed by atoms with Gasteiger partial charge in [0.25, 0.3) is 0 Å². The minimum Gasteiger partial charge on any atom is -0.348 e. The average molecular weight is 277 g/mol. The Kier molecular flexibility index (Phi) is 5.12. The van der Waals surface area contributed by atoms with Crippen LogP contribution in [0, 0.1) is 0 Å². The minimum absolute atomic E-state index is 0.0928. The summed E-state index contributed by atoms with van der Waals surface area (Å²) < 4.78 is 26.9. The monoisotopic (exact) mass is 277 g/mol. The third kappa shape index (κ3) is 3.66. The highest BCUT2D eigenvalue weighted by Crippen LogP contribution is 2.12. The van der Waals surface area contributed by atoms with Crippen LogP contribution in [0.25, 0.3) is 0 Å². The zero-order valence-corrected chi connectivity index (χ0v) is 12.3. The number of hydrogen-bond donors (Lipinski definition) is 2. The fourth-order valence-electron chi connectivity index (χ4n) is 2.01. The number of amides is 1. The lowest BCUT2D eigenvalue weighted by Gasteiger charge is -2.31. The van der Waals surface area contributed by atoms with Gasteiger partial charge in [-0.15, -0.1) is 0 Å². The number of carbonyl (C=O) groups is 1. The van der Waals surface area contributed by atoms with Crippen molar-refractivity contribution in [2.45, 2.75) is 44.0 Å². The van der Waals surface area contributed by atoms with Gasteiger partial charge in [-0.25, -0.2) is 13.1 Å². The van der Waals surface area contributed by atoms with Crippen molar-refractivity contribution in [3.05, 3.63) is 0 Å². The lowest BCUT2D eigenvalue weighted by atomic mass is 10.0. The third-order valence-electron chi connectivity index (χ3n) is 3.33. The fraction of sp³-hybridized carbons (Fsp3) is 0.909. The first-order valence-electron chi connectivity index (χ1n) is 6.21. The van der Waals surface area contributed by atoms with Crippen LogP contribution in [0.2, 0.25) is 0 Å². The first kappa shape index (κ1) is 15.4. The molecule has 1 aliphatic rings. The van der Waals surface area contributed by atoms with Crippen molar-refractivity contribution in [1.82, 2.24) is 14.9 Å². The van der Waals surface area contributed by atoms with Crippen LogP contribution >= 0.6 is 0 Å². The zero-order chi connectivity index (χ0) is 13.9. The average Bonchev–Trinajstić information content (AvgIpc) is 2.29. The Balaban J connectivity index is 2.72. The van der Waals surface area contributed by atoms with E-state index in [0.29, 0.717) is 0 Å². The zero-order valence-electron chi connectivity index (χ0n) is 11.4. The van der Waals surface area contributed by atoms with Gasteiger partial charge in [0.15, 0.2) is 5.25 Å². The van der Waals surface area contributed by atoms with Gasteiger partial charge < -0.3 is 10.2 Å². The molecule has 0 bridgehead atoms. The number of carbonyl (C=O) groups excluding carboxylic acids is 1. The summed E-state index contributed by atoms with van der Waals surface area (Å²) in [6, 6.07) is -0.0451. The van der Waals surface area contributed by atoms with Crippen LogP contribution in [-0.2, 0) is 14.8 Å². The molecule has 1 heterocycles. The quantitative estimate of drug-likeness (QED) is 0.728. The first-order valence-corrected chi connectivity index (χ1v) is 7.76. The van der Waals surface area contributed by atoms with Crippen molar-refractivity contribution >= 4 is 15.9 Å². The van der Waals surface area contributed by atoms with Gasteiger partial charge in [-0.05, 0) is 33.2 Å². The molecule has 1 amide bonds. The first-order chi connectivity index (χ1) is 8.25. The Bertz CT molecular complexity index is 394. The molecule has 0 aromatic heterocycles. The largest absolute Gasteiger partial charge is 0.348 e. The number of nitrogens with zero attached hydrogens (tertiary/aromatic N) is 1. The number of sulfonamides is 1. The van der Waals surface area contributed by atoms with E-state index in [0.717, 1.165) is 19.4 Å². The van der Waals surface area contributed by atoms with E-state index < -0.39 is 21.2 Å². The van der Waals surface area contributed by atoms with Crippen LogP contribution in [0.5, 0.6) is 0 Å². The molecule has 2 N–H and O–H groups in total. The predicted molar refractivity (Wildman–Crippen MR) is 70.7 cm³/mol. The van der Waals surface area contributed by atoms with Crippen LogP contribution in [-0.4, -0.2) is 57.2 Å². The SMILES string of the molecule is CC1NCCCC1NS(=O)(=O)C(C)C(=O)N(C)C. The van der Waals surface area contributed by atoms with Crippen molar-refractivity contribution in [1.29, 1.82) is 0 Å². The summed E-state index contributed by atoms with van der Waals surface area (Å²) in [5.41, 5.74) is 0. The van der Waals surface area contributed by atoms with Gasteiger partial charge in [-0.3, -0.25) is 4.79 Å². The summed E-state index contributed by atoms with van der Waals surface area (Å²) in [4.78, 5) is 13.0. The van der Waals surface area contributed by atoms with Crippen LogP contribution in [0.15, 0.2) is 0 Å². The predicted octanol–water partition coefficient (Wildman–Crippen LogP) is -0.477. The van der Waals surface area contributed by atoms with Gasteiger partial charge in [-0.2, -0.15) is 0 Å². The third-order valence-corrected chi connectivity index (χ3v) is 5.10. The number of piperidine rings is 1. The molecule has 106 valence electrons. The fourth-order valence-corrected chi connectivity index (χ4v) is 3.44. The number of hydrogen-bond acceptors (Lipinski definition) is 4. The molecule has 1 fully saturated rings. The topological polar surface area (TPSA) is 78.5 Å². The Labute approximate surface area is 109 Å². The summed E-state index contributed by atoms with van der Waals surface area (Å²) in [5, 5.41) is 2.17. The van der Waals surface area contributed by atoms with Crippen molar-refractivity contribution in [3.8, 4) is 0 Å². The van der Waals surface area contributed by atoms with Crippen molar-refractivity contribution in [2.24, 2.45) is 0 Å². The molecular formula is C11H23N3O3S. The highest BCUT2D eigenvalue weighted by atomic mass is 32.2. The van der Waals surface area contributed by atoms with Gasteiger partial charge in [0.1, 0.15) is 0 Å². The molecule has 3 atom stereocenters. The van der Waals surface area contributed by atoms with E-state index in [1.165, 1.54) is 11.8 Å². The van der Waals surface area contributed by atoms with Crippen molar-refractivity contribution < 1.29 is 13.2 Å². The Hall–Kier alpha value is -0.660. The molecule has 1 aliphatic heterocycles. The molecular weight excluding hydrogens is 254 g/mol. The van der Waals surface area contributed by atoms with E-state index in [2.05, 4.69) is 10.0 Å². The maximum absolute atomic E-state index is 12.1. The molecule has 1 saturated heterocycles. The molecule has 0 aromatic carbocycles. The molecule has 1 rings (SSSR count). The number of nitrogens with one attached hydrogen (secondary N) is 2. The normalized spacial score (nSPS) is 26.7. The summed E-state index contributed by atoms with van der Waals surface area (Å²) >= 11 is 0. The molecule has 0 aliphatic carbocycles. The number of rotatable bonds is 4. The summed E-state index contributed by atoms with van der Waals surface area (Å²) in [5.74, 6) is -0.404. The maximum Gasteiger partial charge on any atom is 0.241 e. The molecule has 7 heteroatoms. The van der Waals surface area contributed by atoms with Gasteiger partial charge in [0.05, 0.1) is 0 Å². The van der Waals surface area contributed by atoms with Crippen LogP contribution in [0.1, 0.15) is 26.7 Å². The van der Waals surface area contributed by atoms with E-state index >= 15 is 0 Å². The second-order valence-corrected chi connectivity index (χ2v) is 7.06.